The van der Waals surface area contributed by atoms with Crippen molar-refractivity contribution in [2.75, 3.05) is 20.3 Å². The summed E-state index contributed by atoms with van der Waals surface area (Å²) in [5.74, 6) is 1.08. The van der Waals surface area contributed by atoms with E-state index in [1.807, 2.05) is 24.4 Å². The molecule has 0 saturated carbocycles. The molecule has 28 heavy (non-hydrogen) atoms. The van der Waals surface area contributed by atoms with Crippen molar-refractivity contribution >= 4 is 28.4 Å². The highest BCUT2D eigenvalue weighted by molar-refractivity contribution is 6.32. The molecule has 0 aliphatic rings. The first-order valence-corrected chi connectivity index (χ1v) is 9.71. The lowest BCUT2D eigenvalue weighted by Crippen LogP contribution is -2.25. The number of nitrogens with one attached hydrogen (secondary N) is 2. The van der Waals surface area contributed by atoms with Crippen LogP contribution in [0.1, 0.15) is 29.8 Å². The molecule has 3 aromatic rings. The second kappa shape index (κ2) is 9.02. The summed E-state index contributed by atoms with van der Waals surface area (Å²) in [4.78, 5) is 15.8. The number of aromatic nitrogens is 1. The van der Waals surface area contributed by atoms with Gasteiger partial charge in [0.1, 0.15) is 0 Å². The lowest BCUT2D eigenvalue weighted by molar-refractivity contribution is 0.0953. The highest BCUT2D eigenvalue weighted by Gasteiger charge is 2.16. The Hall–Kier alpha value is -2.66. The van der Waals surface area contributed by atoms with Crippen molar-refractivity contribution in [1.29, 1.82) is 0 Å². The topological polar surface area (TPSA) is 63.3 Å². The third-order valence-corrected chi connectivity index (χ3v) is 4.69. The molecular formula is C22H25ClN2O3. The van der Waals surface area contributed by atoms with Crippen molar-refractivity contribution in [3.63, 3.8) is 0 Å². The Labute approximate surface area is 170 Å². The van der Waals surface area contributed by atoms with Crippen molar-refractivity contribution in [2.45, 2.75) is 20.3 Å². The minimum atomic E-state index is -0.199. The van der Waals surface area contributed by atoms with Crippen molar-refractivity contribution in [3.8, 4) is 11.5 Å². The van der Waals surface area contributed by atoms with Gasteiger partial charge >= 0.3 is 0 Å². The fraction of sp³-hybridized carbons (Fsp3) is 0.318. The molecule has 0 fully saturated rings. The van der Waals surface area contributed by atoms with Crippen LogP contribution in [0, 0.1) is 5.92 Å². The lowest BCUT2D eigenvalue weighted by Gasteiger charge is -2.15. The quantitative estimate of drug-likeness (QED) is 0.568. The van der Waals surface area contributed by atoms with Crippen LogP contribution < -0.4 is 14.8 Å². The van der Waals surface area contributed by atoms with Crippen molar-refractivity contribution < 1.29 is 14.3 Å². The van der Waals surface area contributed by atoms with Gasteiger partial charge < -0.3 is 19.8 Å². The molecule has 0 unspecified atom stereocenters. The first kappa shape index (κ1) is 20.1. The zero-order valence-electron chi connectivity index (χ0n) is 16.3. The number of hydrogen-bond acceptors (Lipinski definition) is 3. The third-order valence-electron chi connectivity index (χ3n) is 4.41. The summed E-state index contributed by atoms with van der Waals surface area (Å²) >= 11 is 6.33. The maximum atomic E-state index is 12.6. The second-order valence-corrected chi connectivity index (χ2v) is 7.47. The van der Waals surface area contributed by atoms with Gasteiger partial charge in [0, 0.05) is 29.2 Å². The molecule has 3 rings (SSSR count). The Morgan fingerprint density at radius 1 is 1.25 bits per heavy atom. The van der Waals surface area contributed by atoms with Crippen LogP contribution in [-0.4, -0.2) is 31.2 Å². The number of hydrogen-bond donors (Lipinski definition) is 2. The molecular weight excluding hydrogens is 376 g/mol. The maximum Gasteiger partial charge on any atom is 0.251 e. The molecule has 148 valence electrons. The second-order valence-electron chi connectivity index (χ2n) is 7.06. The predicted molar refractivity (Wildman–Crippen MR) is 113 cm³/mol. The van der Waals surface area contributed by atoms with E-state index in [1.54, 1.807) is 12.1 Å². The van der Waals surface area contributed by atoms with Gasteiger partial charge in [0.15, 0.2) is 11.5 Å². The Balaban J connectivity index is 1.66. The molecule has 6 heteroatoms. The van der Waals surface area contributed by atoms with E-state index in [9.17, 15) is 4.79 Å². The van der Waals surface area contributed by atoms with Gasteiger partial charge in [-0.3, -0.25) is 4.79 Å². The molecule has 1 aromatic heterocycles. The molecule has 0 radical (unpaired) electrons. The Kier molecular flexibility index (Phi) is 6.47. The van der Waals surface area contributed by atoms with Crippen LogP contribution in [0.2, 0.25) is 5.02 Å². The average molecular weight is 401 g/mol. The summed E-state index contributed by atoms with van der Waals surface area (Å²) in [7, 11) is 1.53. The molecule has 0 aliphatic heterocycles. The zero-order chi connectivity index (χ0) is 20.1. The Morgan fingerprint density at radius 3 is 2.79 bits per heavy atom. The van der Waals surface area contributed by atoms with E-state index in [2.05, 4.69) is 30.2 Å². The molecule has 2 aromatic carbocycles. The van der Waals surface area contributed by atoms with Gasteiger partial charge in [0.2, 0.25) is 0 Å². The number of methoxy groups -OCH3 is 1. The van der Waals surface area contributed by atoms with Crippen LogP contribution in [0.3, 0.4) is 0 Å². The van der Waals surface area contributed by atoms with Gasteiger partial charge in [0.25, 0.3) is 5.91 Å². The number of ether oxygens (including phenoxy) is 2. The highest BCUT2D eigenvalue weighted by Crippen LogP contribution is 2.36. The number of H-pyrrole nitrogens is 1. The number of carbonyl (C=O) groups excluding carboxylic acids is 1. The van der Waals surface area contributed by atoms with Gasteiger partial charge in [0.05, 0.1) is 18.7 Å². The predicted octanol–water partition coefficient (Wildman–Crippen LogP) is 4.84. The number of benzene rings is 2. The Bertz CT molecular complexity index is 966. The van der Waals surface area contributed by atoms with Crippen LogP contribution in [0.5, 0.6) is 11.5 Å². The van der Waals surface area contributed by atoms with Crippen LogP contribution in [0.15, 0.2) is 42.6 Å². The van der Waals surface area contributed by atoms with Crippen molar-refractivity contribution in [3.05, 3.63) is 58.7 Å². The summed E-state index contributed by atoms with van der Waals surface area (Å²) in [6.45, 7) is 5.14. The van der Waals surface area contributed by atoms with E-state index in [1.165, 1.54) is 18.1 Å². The van der Waals surface area contributed by atoms with Crippen molar-refractivity contribution in [1.82, 2.24) is 10.3 Å². The number of aromatic amines is 1. The third kappa shape index (κ3) is 4.60. The van der Waals surface area contributed by atoms with E-state index >= 15 is 0 Å². The van der Waals surface area contributed by atoms with E-state index < -0.39 is 0 Å². The number of carbonyl (C=O) groups is 1. The molecule has 0 bridgehead atoms. The van der Waals surface area contributed by atoms with Gasteiger partial charge in [-0.15, -0.1) is 0 Å². The van der Waals surface area contributed by atoms with Crippen LogP contribution in [0.25, 0.3) is 10.9 Å². The smallest absolute Gasteiger partial charge is 0.251 e. The van der Waals surface area contributed by atoms with Gasteiger partial charge in [-0.2, -0.15) is 0 Å². The standard InChI is InChI=1S/C22H25ClN2O3/c1-14(2)13-28-21-18(23)10-16(11-20(21)27-3)22(26)24-9-8-15-12-25-19-7-5-4-6-17(15)19/h4-7,10-12,14,25H,8-9,13H2,1-3H3,(H,24,26). The van der Waals surface area contributed by atoms with E-state index in [4.69, 9.17) is 21.1 Å². The molecule has 0 saturated heterocycles. The van der Waals surface area contributed by atoms with Crippen molar-refractivity contribution in [2.24, 2.45) is 5.92 Å². The summed E-state index contributed by atoms with van der Waals surface area (Å²) in [5.41, 5.74) is 2.71. The van der Waals surface area contributed by atoms with Crippen LogP contribution in [-0.2, 0) is 6.42 Å². The fourth-order valence-electron chi connectivity index (χ4n) is 2.99. The Morgan fingerprint density at radius 2 is 2.04 bits per heavy atom. The summed E-state index contributed by atoms with van der Waals surface area (Å²) in [6.07, 6.45) is 2.72. The average Bonchev–Trinajstić information content (AvgIpc) is 3.09. The number of para-hydroxylation sites is 1. The minimum absolute atomic E-state index is 0.199. The van der Waals surface area contributed by atoms with Gasteiger partial charge in [-0.1, -0.05) is 43.6 Å². The molecule has 2 N–H and O–H groups in total. The van der Waals surface area contributed by atoms with Crippen LogP contribution in [0.4, 0.5) is 0 Å². The zero-order valence-corrected chi connectivity index (χ0v) is 17.1. The SMILES string of the molecule is COc1cc(C(=O)NCCc2c[nH]c3ccccc23)cc(Cl)c1OCC(C)C. The minimum Gasteiger partial charge on any atom is -0.493 e. The van der Waals surface area contributed by atoms with Crippen LogP contribution >= 0.6 is 11.6 Å². The maximum absolute atomic E-state index is 12.6. The first-order valence-electron chi connectivity index (χ1n) is 9.33. The summed E-state index contributed by atoms with van der Waals surface area (Å²) in [6, 6.07) is 11.4. The number of rotatable bonds is 8. The van der Waals surface area contributed by atoms with E-state index in [0.717, 1.165) is 11.9 Å². The normalized spacial score (nSPS) is 11.0. The molecule has 0 aliphatic carbocycles. The molecule has 5 nitrogen and oxygen atoms in total. The summed E-state index contributed by atoms with van der Waals surface area (Å²) < 4.78 is 11.1. The van der Waals surface area contributed by atoms with E-state index in [-0.39, 0.29) is 5.91 Å². The molecule has 1 heterocycles. The molecule has 0 spiro atoms. The molecule has 1 amide bonds. The lowest BCUT2D eigenvalue weighted by atomic mass is 10.1. The largest absolute Gasteiger partial charge is 0.493 e. The fourth-order valence-corrected chi connectivity index (χ4v) is 3.26. The summed E-state index contributed by atoms with van der Waals surface area (Å²) in [5, 5.41) is 4.48. The highest BCUT2D eigenvalue weighted by atomic mass is 35.5. The molecule has 0 atom stereocenters. The van der Waals surface area contributed by atoms with E-state index in [0.29, 0.717) is 41.2 Å². The first-order chi connectivity index (χ1) is 13.5. The number of fused-ring (bicyclic) bond motifs is 1. The monoisotopic (exact) mass is 400 g/mol. The van der Waals surface area contributed by atoms with Gasteiger partial charge in [-0.25, -0.2) is 0 Å². The number of amides is 1. The number of halogens is 1. The van der Waals surface area contributed by atoms with Gasteiger partial charge in [-0.05, 0) is 36.1 Å².